The van der Waals surface area contributed by atoms with Crippen LogP contribution in [0.4, 0.5) is 0 Å². The van der Waals surface area contributed by atoms with E-state index in [-0.39, 0.29) is 17.2 Å². The maximum absolute atomic E-state index is 11.6. The number of nitrogens with one attached hydrogen (secondary N) is 1. The monoisotopic (exact) mass is 282 g/mol. The van der Waals surface area contributed by atoms with Gasteiger partial charge in [-0.15, -0.1) is 0 Å². The number of hydrogen-bond acceptors (Lipinski definition) is 4. The van der Waals surface area contributed by atoms with Crippen LogP contribution in [0, 0.1) is 0 Å². The molecule has 112 valence electrons. The summed E-state index contributed by atoms with van der Waals surface area (Å²) in [6.07, 6.45) is 5.00. The molecule has 1 rings (SSSR count). The number of unbranched alkanes of at least 4 members (excludes halogenated alkanes) is 2. The molecule has 0 aliphatic carbocycles. The van der Waals surface area contributed by atoms with Crippen LogP contribution in [-0.4, -0.2) is 22.1 Å². The lowest BCUT2D eigenvalue weighted by atomic mass is 10.2. The Bertz CT molecular complexity index is 545. The van der Waals surface area contributed by atoms with Crippen LogP contribution in [0.3, 0.4) is 0 Å². The summed E-state index contributed by atoms with van der Waals surface area (Å²) in [5.74, 6) is -0.179. The van der Waals surface area contributed by atoms with Gasteiger partial charge in [0.1, 0.15) is 0 Å². The van der Waals surface area contributed by atoms with Gasteiger partial charge in [0.05, 0.1) is 6.61 Å². The summed E-state index contributed by atoms with van der Waals surface area (Å²) in [7, 11) is 0. The van der Waals surface area contributed by atoms with Gasteiger partial charge in [-0.25, -0.2) is 4.79 Å². The van der Waals surface area contributed by atoms with Crippen LogP contribution in [0.25, 0.3) is 0 Å². The Kier molecular flexibility index (Phi) is 6.76. The van der Waals surface area contributed by atoms with Gasteiger partial charge in [-0.3, -0.25) is 14.6 Å². The largest absolute Gasteiger partial charge is 0.466 e. The SMILES string of the molecule is CCOC(=O)CCCCCn1cc(CC)c(=O)[nH]c1=O. The van der Waals surface area contributed by atoms with Crippen LogP contribution in [-0.2, 0) is 22.5 Å². The lowest BCUT2D eigenvalue weighted by Crippen LogP contribution is -2.31. The Morgan fingerprint density at radius 3 is 2.65 bits per heavy atom. The van der Waals surface area contributed by atoms with Gasteiger partial charge in [-0.2, -0.15) is 0 Å². The quantitative estimate of drug-likeness (QED) is 0.574. The molecule has 6 nitrogen and oxygen atoms in total. The van der Waals surface area contributed by atoms with Crippen LogP contribution in [0.2, 0.25) is 0 Å². The summed E-state index contributed by atoms with van der Waals surface area (Å²) in [5, 5.41) is 0. The van der Waals surface area contributed by atoms with E-state index in [9.17, 15) is 14.4 Å². The zero-order chi connectivity index (χ0) is 15.0. The average Bonchev–Trinajstić information content (AvgIpc) is 2.41. The Morgan fingerprint density at radius 2 is 2.00 bits per heavy atom. The van der Waals surface area contributed by atoms with E-state index >= 15 is 0 Å². The molecule has 6 heteroatoms. The van der Waals surface area contributed by atoms with Gasteiger partial charge in [0.2, 0.25) is 0 Å². The number of carbonyl (C=O) groups is 1. The lowest BCUT2D eigenvalue weighted by molar-refractivity contribution is -0.143. The van der Waals surface area contributed by atoms with Crippen LogP contribution in [0.1, 0.15) is 45.1 Å². The highest BCUT2D eigenvalue weighted by Gasteiger charge is 2.04. The molecule has 0 saturated heterocycles. The molecule has 1 aromatic rings. The molecular weight excluding hydrogens is 260 g/mol. The first-order valence-electron chi connectivity index (χ1n) is 7.06. The maximum Gasteiger partial charge on any atom is 0.328 e. The summed E-state index contributed by atoms with van der Waals surface area (Å²) in [5.41, 5.74) is -0.0789. The van der Waals surface area contributed by atoms with Gasteiger partial charge < -0.3 is 9.30 Å². The zero-order valence-corrected chi connectivity index (χ0v) is 12.1. The molecule has 0 saturated carbocycles. The molecule has 0 bridgehead atoms. The number of esters is 1. The minimum absolute atomic E-state index is 0.179. The second kappa shape index (κ2) is 8.35. The number of aryl methyl sites for hydroxylation is 2. The molecule has 1 heterocycles. The summed E-state index contributed by atoms with van der Waals surface area (Å²) in [6.45, 7) is 4.61. The van der Waals surface area contributed by atoms with Crippen LogP contribution in [0.5, 0.6) is 0 Å². The molecule has 0 aliphatic heterocycles. The highest BCUT2D eigenvalue weighted by atomic mass is 16.5. The Labute approximate surface area is 117 Å². The van der Waals surface area contributed by atoms with Crippen molar-refractivity contribution < 1.29 is 9.53 Å². The zero-order valence-electron chi connectivity index (χ0n) is 12.1. The molecule has 1 aromatic heterocycles. The van der Waals surface area contributed by atoms with Gasteiger partial charge in [0.15, 0.2) is 0 Å². The second-order valence-electron chi connectivity index (χ2n) is 4.58. The van der Waals surface area contributed by atoms with E-state index < -0.39 is 0 Å². The van der Waals surface area contributed by atoms with E-state index in [1.54, 1.807) is 13.1 Å². The molecule has 0 radical (unpaired) electrons. The van der Waals surface area contributed by atoms with Crippen molar-refractivity contribution in [3.8, 4) is 0 Å². The van der Waals surface area contributed by atoms with Crippen LogP contribution < -0.4 is 11.2 Å². The van der Waals surface area contributed by atoms with Crippen molar-refractivity contribution in [2.75, 3.05) is 6.61 Å². The maximum atomic E-state index is 11.6. The van der Waals surface area contributed by atoms with Crippen molar-refractivity contribution in [2.45, 2.75) is 52.5 Å². The fourth-order valence-electron chi connectivity index (χ4n) is 1.93. The van der Waals surface area contributed by atoms with Crippen LogP contribution >= 0.6 is 0 Å². The van der Waals surface area contributed by atoms with Gasteiger partial charge >= 0.3 is 11.7 Å². The Balaban J connectivity index is 2.41. The van der Waals surface area contributed by atoms with Gasteiger partial charge in [0, 0.05) is 24.7 Å². The molecule has 0 aromatic carbocycles. The third-order valence-electron chi connectivity index (χ3n) is 3.05. The number of aromatic amines is 1. The minimum Gasteiger partial charge on any atom is -0.466 e. The number of rotatable bonds is 8. The third kappa shape index (κ3) is 5.03. The van der Waals surface area contributed by atoms with Crippen molar-refractivity contribution >= 4 is 5.97 Å². The van der Waals surface area contributed by atoms with Crippen molar-refractivity contribution in [3.63, 3.8) is 0 Å². The van der Waals surface area contributed by atoms with E-state index in [1.807, 2.05) is 6.92 Å². The van der Waals surface area contributed by atoms with Crippen LogP contribution in [0.15, 0.2) is 15.8 Å². The highest BCUT2D eigenvalue weighted by Crippen LogP contribution is 2.03. The van der Waals surface area contributed by atoms with Crippen molar-refractivity contribution in [3.05, 3.63) is 32.6 Å². The summed E-state index contributed by atoms with van der Waals surface area (Å²) in [4.78, 5) is 36.5. The molecule has 0 fully saturated rings. The van der Waals surface area contributed by atoms with E-state index in [1.165, 1.54) is 4.57 Å². The molecule has 20 heavy (non-hydrogen) atoms. The Morgan fingerprint density at radius 1 is 1.25 bits per heavy atom. The number of hydrogen-bond donors (Lipinski definition) is 1. The van der Waals surface area contributed by atoms with E-state index in [2.05, 4.69) is 4.98 Å². The number of ether oxygens (including phenoxy) is 1. The number of aromatic nitrogens is 2. The van der Waals surface area contributed by atoms with Gasteiger partial charge in [0.25, 0.3) is 5.56 Å². The molecule has 0 spiro atoms. The van der Waals surface area contributed by atoms with Gasteiger partial charge in [-0.05, 0) is 26.2 Å². The number of carbonyl (C=O) groups excluding carboxylic acids is 1. The fourth-order valence-corrected chi connectivity index (χ4v) is 1.93. The smallest absolute Gasteiger partial charge is 0.328 e. The predicted molar refractivity (Wildman–Crippen MR) is 75.8 cm³/mol. The first-order valence-corrected chi connectivity index (χ1v) is 7.06. The fraction of sp³-hybridized carbons (Fsp3) is 0.643. The highest BCUT2D eigenvalue weighted by molar-refractivity contribution is 5.69. The van der Waals surface area contributed by atoms with Crippen molar-refractivity contribution in [1.82, 2.24) is 9.55 Å². The number of nitrogens with zero attached hydrogens (tertiary/aromatic N) is 1. The van der Waals surface area contributed by atoms with Crippen molar-refractivity contribution in [2.24, 2.45) is 0 Å². The number of H-pyrrole nitrogens is 1. The molecular formula is C14H22N2O4. The van der Waals surface area contributed by atoms with Gasteiger partial charge in [-0.1, -0.05) is 13.3 Å². The first kappa shape index (κ1) is 16.2. The summed E-state index contributed by atoms with van der Waals surface area (Å²) in [6, 6.07) is 0. The summed E-state index contributed by atoms with van der Waals surface area (Å²) < 4.78 is 6.35. The average molecular weight is 282 g/mol. The molecule has 0 atom stereocenters. The minimum atomic E-state index is -0.377. The predicted octanol–water partition coefficient (Wildman–Crippen LogP) is 1.22. The molecule has 0 aliphatic rings. The lowest BCUT2D eigenvalue weighted by Gasteiger charge is -2.06. The Hall–Kier alpha value is -1.85. The van der Waals surface area contributed by atoms with E-state index in [0.717, 1.165) is 19.3 Å². The normalized spacial score (nSPS) is 10.5. The molecule has 0 unspecified atom stereocenters. The molecule has 1 N–H and O–H groups in total. The standard InChI is InChI=1S/C14H22N2O4/c1-3-11-10-16(14(19)15-13(11)18)9-7-5-6-8-12(17)20-4-2/h10H,3-9H2,1-2H3,(H,15,18,19). The summed E-state index contributed by atoms with van der Waals surface area (Å²) >= 11 is 0. The van der Waals surface area contributed by atoms with E-state index in [4.69, 9.17) is 4.74 Å². The first-order chi connectivity index (χ1) is 9.58. The van der Waals surface area contributed by atoms with E-state index in [0.29, 0.717) is 31.6 Å². The topological polar surface area (TPSA) is 81.2 Å². The van der Waals surface area contributed by atoms with Crippen molar-refractivity contribution in [1.29, 1.82) is 0 Å². The second-order valence-corrected chi connectivity index (χ2v) is 4.58. The third-order valence-corrected chi connectivity index (χ3v) is 3.05. The molecule has 0 amide bonds.